The summed E-state index contributed by atoms with van der Waals surface area (Å²) in [6.07, 6.45) is 8.27. The highest BCUT2D eigenvalue weighted by atomic mass is 32.2. The second-order valence-corrected chi connectivity index (χ2v) is 11.7. The van der Waals surface area contributed by atoms with Crippen molar-refractivity contribution in [1.29, 1.82) is 0 Å². The van der Waals surface area contributed by atoms with Crippen LogP contribution in [0.15, 0.2) is 34.7 Å². The fourth-order valence-corrected chi connectivity index (χ4v) is 7.57. The van der Waals surface area contributed by atoms with Crippen LogP contribution < -0.4 is 5.32 Å². The van der Waals surface area contributed by atoms with Gasteiger partial charge in [0.05, 0.1) is 10.9 Å². The van der Waals surface area contributed by atoms with Gasteiger partial charge in [0.1, 0.15) is 5.01 Å². The highest BCUT2D eigenvalue weighted by Gasteiger charge is 2.49. The molecular weight excluding hydrogens is 390 g/mol. The van der Waals surface area contributed by atoms with E-state index in [9.17, 15) is 8.42 Å². The molecule has 5 atom stereocenters. The monoisotopic (exact) mass is 417 g/mol. The second kappa shape index (κ2) is 6.82. The molecule has 0 saturated heterocycles. The summed E-state index contributed by atoms with van der Waals surface area (Å²) in [6.45, 7) is 0. The molecule has 0 amide bonds. The van der Waals surface area contributed by atoms with E-state index in [1.165, 1.54) is 35.6 Å². The quantitative estimate of drug-likeness (QED) is 0.800. The lowest BCUT2D eigenvalue weighted by atomic mass is 9.61. The molecule has 5 rings (SSSR count). The lowest BCUT2D eigenvalue weighted by Gasteiger charge is -2.48. The number of hydrogen-bond acceptors (Lipinski definition) is 5. The number of sulfonamides is 1. The highest BCUT2D eigenvalue weighted by molar-refractivity contribution is 7.89. The molecule has 0 bridgehead atoms. The van der Waals surface area contributed by atoms with Crippen LogP contribution in [0.25, 0.3) is 0 Å². The lowest BCUT2D eigenvalue weighted by Crippen LogP contribution is -2.41. The Bertz CT molecular complexity index is 972. The van der Waals surface area contributed by atoms with Gasteiger partial charge in [0, 0.05) is 31.4 Å². The molecule has 0 spiro atoms. The summed E-state index contributed by atoms with van der Waals surface area (Å²) in [7, 11) is -0.237. The molecule has 150 valence electrons. The summed E-state index contributed by atoms with van der Waals surface area (Å²) in [5.74, 6) is 2.43. The molecule has 2 aromatic rings. The van der Waals surface area contributed by atoms with Gasteiger partial charge >= 0.3 is 0 Å². The number of nitrogens with zero attached hydrogens (tertiary/aromatic N) is 2. The number of nitrogens with one attached hydrogen (secondary N) is 1. The minimum Gasteiger partial charge on any atom is -0.375 e. The van der Waals surface area contributed by atoms with Gasteiger partial charge < -0.3 is 5.32 Å². The number of benzene rings is 1. The Morgan fingerprint density at radius 3 is 2.79 bits per heavy atom. The van der Waals surface area contributed by atoms with Gasteiger partial charge in [-0.15, -0.1) is 11.3 Å². The van der Waals surface area contributed by atoms with Crippen molar-refractivity contribution in [3.8, 4) is 0 Å². The maximum Gasteiger partial charge on any atom is 0.242 e. The smallest absolute Gasteiger partial charge is 0.242 e. The number of rotatable bonds is 3. The van der Waals surface area contributed by atoms with Gasteiger partial charge in [-0.1, -0.05) is 12.8 Å². The van der Waals surface area contributed by atoms with Gasteiger partial charge in [-0.25, -0.2) is 17.7 Å². The SMILES string of the molecule is CN(C)S(=O)(=O)c1ccc2c(c1)C1CCC3CCCC3C1C(c1nccs1)N2. The van der Waals surface area contributed by atoms with Crippen molar-refractivity contribution in [2.75, 3.05) is 19.4 Å². The van der Waals surface area contributed by atoms with Crippen LogP contribution in [0.3, 0.4) is 0 Å². The predicted molar refractivity (Wildman–Crippen MR) is 112 cm³/mol. The van der Waals surface area contributed by atoms with E-state index >= 15 is 0 Å². The molecular formula is C21H27N3O2S2. The van der Waals surface area contributed by atoms with Crippen molar-refractivity contribution in [2.45, 2.75) is 49.0 Å². The summed E-state index contributed by atoms with van der Waals surface area (Å²) in [5.41, 5.74) is 2.27. The Morgan fingerprint density at radius 1 is 1.18 bits per heavy atom. The summed E-state index contributed by atoms with van der Waals surface area (Å²) in [6, 6.07) is 5.87. The molecule has 7 heteroatoms. The Kier molecular flexibility index (Phi) is 4.52. The number of fused-ring (bicyclic) bond motifs is 5. The number of thiazole rings is 1. The Hall–Kier alpha value is -1.44. The first-order chi connectivity index (χ1) is 13.5. The van der Waals surface area contributed by atoms with Gasteiger partial charge in [0.15, 0.2) is 0 Å². The van der Waals surface area contributed by atoms with E-state index in [4.69, 9.17) is 0 Å². The number of anilines is 1. The summed E-state index contributed by atoms with van der Waals surface area (Å²) in [4.78, 5) is 5.05. The van der Waals surface area contributed by atoms with Gasteiger partial charge in [-0.3, -0.25) is 0 Å². The molecule has 2 aliphatic carbocycles. The molecule has 1 aliphatic heterocycles. The average Bonchev–Trinajstić information content (AvgIpc) is 3.38. The van der Waals surface area contributed by atoms with Crippen LogP contribution >= 0.6 is 11.3 Å². The van der Waals surface area contributed by atoms with Crippen LogP contribution in [0, 0.1) is 17.8 Å². The largest absolute Gasteiger partial charge is 0.375 e. The zero-order valence-electron chi connectivity index (χ0n) is 16.3. The molecule has 2 heterocycles. The fraction of sp³-hybridized carbons (Fsp3) is 0.571. The molecule has 2 fully saturated rings. The van der Waals surface area contributed by atoms with E-state index in [1.807, 2.05) is 18.3 Å². The second-order valence-electron chi connectivity index (χ2n) is 8.64. The molecule has 0 radical (unpaired) electrons. The van der Waals surface area contributed by atoms with Gasteiger partial charge in [-0.2, -0.15) is 0 Å². The van der Waals surface area contributed by atoms with Crippen LogP contribution in [0.1, 0.15) is 54.6 Å². The highest BCUT2D eigenvalue weighted by Crippen LogP contribution is 2.59. The molecule has 5 unspecified atom stereocenters. The maximum atomic E-state index is 12.7. The summed E-state index contributed by atoms with van der Waals surface area (Å²) in [5, 5.41) is 6.98. The van der Waals surface area contributed by atoms with Crippen molar-refractivity contribution < 1.29 is 8.42 Å². The van der Waals surface area contributed by atoms with E-state index < -0.39 is 10.0 Å². The third-order valence-corrected chi connectivity index (χ3v) is 9.81. The zero-order valence-corrected chi connectivity index (χ0v) is 18.0. The summed E-state index contributed by atoms with van der Waals surface area (Å²) >= 11 is 1.73. The van der Waals surface area contributed by atoms with E-state index in [0.717, 1.165) is 23.0 Å². The van der Waals surface area contributed by atoms with Crippen molar-refractivity contribution in [3.05, 3.63) is 40.3 Å². The lowest BCUT2D eigenvalue weighted by molar-refractivity contribution is 0.129. The molecule has 5 nitrogen and oxygen atoms in total. The normalized spacial score (nSPS) is 31.8. The van der Waals surface area contributed by atoms with E-state index in [2.05, 4.69) is 15.7 Å². The first-order valence-electron chi connectivity index (χ1n) is 10.2. The number of hydrogen-bond donors (Lipinski definition) is 1. The van der Waals surface area contributed by atoms with Gasteiger partial charge in [-0.05, 0) is 66.7 Å². The number of aromatic nitrogens is 1. The molecule has 1 N–H and O–H groups in total. The van der Waals surface area contributed by atoms with Gasteiger partial charge in [0.2, 0.25) is 10.0 Å². The third kappa shape index (κ3) is 2.82. The van der Waals surface area contributed by atoms with E-state index in [1.54, 1.807) is 31.5 Å². The van der Waals surface area contributed by atoms with Crippen molar-refractivity contribution in [3.63, 3.8) is 0 Å². The van der Waals surface area contributed by atoms with Crippen LogP contribution in [0.4, 0.5) is 5.69 Å². The van der Waals surface area contributed by atoms with Crippen LogP contribution in [0.2, 0.25) is 0 Å². The van der Waals surface area contributed by atoms with Gasteiger partial charge in [0.25, 0.3) is 0 Å². The minimum absolute atomic E-state index is 0.236. The van der Waals surface area contributed by atoms with E-state index in [0.29, 0.717) is 22.6 Å². The summed E-state index contributed by atoms with van der Waals surface area (Å²) < 4.78 is 26.7. The zero-order chi connectivity index (χ0) is 19.5. The minimum atomic E-state index is -3.43. The van der Waals surface area contributed by atoms with Crippen molar-refractivity contribution >= 4 is 27.0 Å². The molecule has 1 aromatic heterocycles. The van der Waals surface area contributed by atoms with Crippen molar-refractivity contribution in [2.24, 2.45) is 17.8 Å². The van der Waals surface area contributed by atoms with E-state index in [-0.39, 0.29) is 6.04 Å². The Balaban J connectivity index is 1.62. The average molecular weight is 418 g/mol. The fourth-order valence-electron chi connectivity index (χ4n) is 5.89. The Labute approximate surface area is 171 Å². The van der Waals surface area contributed by atoms with Crippen LogP contribution in [-0.4, -0.2) is 31.8 Å². The maximum absolute atomic E-state index is 12.7. The first-order valence-corrected chi connectivity index (χ1v) is 12.5. The topological polar surface area (TPSA) is 62.3 Å². The Morgan fingerprint density at radius 2 is 2.04 bits per heavy atom. The standard InChI is InChI=1S/C21H27N3O2S2/c1-24(2)28(25,26)14-7-9-18-17(12-14)16-8-6-13-4-3-5-15(13)19(16)20(23-18)21-22-10-11-27-21/h7,9-13,15-16,19-20,23H,3-6,8H2,1-2H3. The van der Waals surface area contributed by atoms with Crippen molar-refractivity contribution in [1.82, 2.24) is 9.29 Å². The molecule has 2 saturated carbocycles. The predicted octanol–water partition coefficient (Wildman–Crippen LogP) is 4.47. The van der Waals surface area contributed by atoms with Crippen LogP contribution in [0.5, 0.6) is 0 Å². The molecule has 1 aromatic carbocycles. The third-order valence-electron chi connectivity index (χ3n) is 7.14. The molecule has 28 heavy (non-hydrogen) atoms. The van der Waals surface area contributed by atoms with Crippen LogP contribution in [-0.2, 0) is 10.0 Å². The molecule has 3 aliphatic rings. The first kappa shape index (κ1) is 18.6.